The first-order valence-corrected chi connectivity index (χ1v) is 10.5. The lowest BCUT2D eigenvalue weighted by molar-refractivity contribution is 0.102. The number of ether oxygens (including phenoxy) is 1. The molecule has 8 heteroatoms. The van der Waals surface area contributed by atoms with Gasteiger partial charge in [-0.2, -0.15) is 0 Å². The second-order valence-corrected chi connectivity index (χ2v) is 7.47. The van der Waals surface area contributed by atoms with Gasteiger partial charge in [0.2, 0.25) is 0 Å². The average Bonchev–Trinajstić information content (AvgIpc) is 3.50. The van der Waals surface area contributed by atoms with Crippen molar-refractivity contribution in [1.29, 1.82) is 0 Å². The van der Waals surface area contributed by atoms with Gasteiger partial charge in [0.15, 0.2) is 0 Å². The van der Waals surface area contributed by atoms with Crippen LogP contribution in [0.4, 0.5) is 5.69 Å². The summed E-state index contributed by atoms with van der Waals surface area (Å²) in [7, 11) is 0. The Morgan fingerprint density at radius 1 is 1.12 bits per heavy atom. The van der Waals surface area contributed by atoms with Crippen LogP contribution in [0.3, 0.4) is 0 Å². The van der Waals surface area contributed by atoms with Crippen LogP contribution in [0.2, 0.25) is 0 Å². The molecule has 0 aliphatic heterocycles. The van der Waals surface area contributed by atoms with Crippen LogP contribution >= 0.6 is 0 Å². The minimum Gasteiger partial charge on any atom is -0.490 e. The van der Waals surface area contributed by atoms with Crippen molar-refractivity contribution < 1.29 is 14.1 Å². The van der Waals surface area contributed by atoms with Crippen molar-refractivity contribution in [3.8, 4) is 17.0 Å². The van der Waals surface area contributed by atoms with E-state index in [1.807, 2.05) is 59.3 Å². The number of hydrogen-bond acceptors (Lipinski definition) is 6. The number of para-hydroxylation sites is 2. The van der Waals surface area contributed by atoms with Crippen LogP contribution in [0.15, 0.2) is 83.9 Å². The first kappa shape index (κ1) is 20.4. The molecule has 0 aliphatic carbocycles. The molecule has 1 N–H and O–H groups in total. The predicted molar refractivity (Wildman–Crippen MR) is 124 cm³/mol. The number of carbonyl (C=O) groups excluding carboxylic acids is 1. The molecule has 0 unspecified atom stereocenters. The second kappa shape index (κ2) is 8.96. The van der Waals surface area contributed by atoms with Gasteiger partial charge in [-0.1, -0.05) is 47.6 Å². The Bertz CT molecular complexity index is 1390. The monoisotopic (exact) mass is 439 g/mol. The number of nitrogens with zero attached hydrogens (tertiary/aromatic N) is 4. The third-order valence-electron chi connectivity index (χ3n) is 5.23. The minimum absolute atomic E-state index is 0.295. The lowest BCUT2D eigenvalue weighted by Crippen LogP contribution is -2.15. The summed E-state index contributed by atoms with van der Waals surface area (Å²) in [5.74, 6) is 0.290. The van der Waals surface area contributed by atoms with Gasteiger partial charge < -0.3 is 19.1 Å². The summed E-state index contributed by atoms with van der Waals surface area (Å²) in [6.07, 6.45) is 5.33. The second-order valence-electron chi connectivity index (χ2n) is 7.47. The molecule has 0 radical (unpaired) electrons. The molecule has 1 amide bonds. The smallest absolute Gasteiger partial charge is 0.259 e. The Morgan fingerprint density at radius 3 is 2.76 bits per heavy atom. The number of aromatic nitrogens is 4. The molecule has 5 aromatic rings. The Balaban J connectivity index is 1.43. The summed E-state index contributed by atoms with van der Waals surface area (Å²) in [5, 5.41) is 7.58. The van der Waals surface area contributed by atoms with Crippen molar-refractivity contribution in [2.75, 3.05) is 11.9 Å². The molecule has 0 saturated carbocycles. The molecule has 33 heavy (non-hydrogen) atoms. The first-order valence-electron chi connectivity index (χ1n) is 10.5. The summed E-state index contributed by atoms with van der Waals surface area (Å²) < 4.78 is 13.2. The number of fused-ring (bicyclic) bond motifs is 1. The van der Waals surface area contributed by atoms with Gasteiger partial charge >= 0.3 is 0 Å². The molecule has 0 fully saturated rings. The van der Waals surface area contributed by atoms with E-state index in [0.717, 1.165) is 5.56 Å². The molecule has 0 saturated heterocycles. The number of nitrogens with one attached hydrogen (secondary N) is 1. The van der Waals surface area contributed by atoms with E-state index in [0.29, 0.717) is 52.6 Å². The molecule has 0 bridgehead atoms. The van der Waals surface area contributed by atoms with Crippen LogP contribution in [-0.2, 0) is 6.54 Å². The van der Waals surface area contributed by atoms with Gasteiger partial charge in [0, 0.05) is 18.0 Å². The van der Waals surface area contributed by atoms with E-state index >= 15 is 0 Å². The lowest BCUT2D eigenvalue weighted by Gasteiger charge is -2.13. The van der Waals surface area contributed by atoms with E-state index in [2.05, 4.69) is 20.4 Å². The van der Waals surface area contributed by atoms with Gasteiger partial charge in [-0.05, 0) is 25.1 Å². The molecule has 0 aliphatic rings. The Hall–Kier alpha value is -4.46. The molecule has 3 aromatic heterocycles. The lowest BCUT2D eigenvalue weighted by atomic mass is 10.0. The number of carbonyl (C=O) groups is 1. The molecule has 8 nitrogen and oxygen atoms in total. The van der Waals surface area contributed by atoms with Crippen molar-refractivity contribution in [2.24, 2.45) is 0 Å². The van der Waals surface area contributed by atoms with E-state index in [1.165, 1.54) is 0 Å². The highest BCUT2D eigenvalue weighted by molar-refractivity contribution is 6.13. The van der Waals surface area contributed by atoms with Gasteiger partial charge in [-0.25, -0.2) is 9.97 Å². The van der Waals surface area contributed by atoms with Crippen LogP contribution in [0.1, 0.15) is 16.1 Å². The average molecular weight is 439 g/mol. The van der Waals surface area contributed by atoms with Gasteiger partial charge in [0.1, 0.15) is 12.4 Å². The van der Waals surface area contributed by atoms with Crippen molar-refractivity contribution >= 4 is 22.7 Å². The maximum atomic E-state index is 13.4. The number of anilines is 1. The van der Waals surface area contributed by atoms with Gasteiger partial charge in [-0.15, -0.1) is 0 Å². The standard InChI is InChI=1S/C25H21N5O3/c1-17-23-19(15-21(28-25(23)33-29-17)18-7-3-2-4-8-18)24(31)27-20-9-5-6-10-22(20)32-14-13-30-12-11-26-16-30/h2-12,15-16H,13-14H2,1H3,(H,27,31). The molecule has 3 heterocycles. The SMILES string of the molecule is Cc1noc2nc(-c3ccccc3)cc(C(=O)Nc3ccccc3OCCn3ccnc3)c12. The Kier molecular flexibility index (Phi) is 5.55. The van der Waals surface area contributed by atoms with Crippen LogP contribution in [0, 0.1) is 6.92 Å². The number of rotatable bonds is 7. The topological polar surface area (TPSA) is 95.1 Å². The van der Waals surface area contributed by atoms with Gasteiger partial charge in [-0.3, -0.25) is 4.79 Å². The van der Waals surface area contributed by atoms with Crippen molar-refractivity contribution in [1.82, 2.24) is 19.7 Å². The number of hydrogen-bond donors (Lipinski definition) is 1. The van der Waals surface area contributed by atoms with Gasteiger partial charge in [0.05, 0.1) is 40.9 Å². The van der Waals surface area contributed by atoms with Crippen LogP contribution in [0.5, 0.6) is 5.75 Å². The number of pyridine rings is 1. The van der Waals surface area contributed by atoms with Crippen molar-refractivity contribution in [3.63, 3.8) is 0 Å². The fourth-order valence-corrected chi connectivity index (χ4v) is 3.60. The van der Waals surface area contributed by atoms with E-state index in [-0.39, 0.29) is 5.91 Å². The maximum Gasteiger partial charge on any atom is 0.259 e. The number of benzene rings is 2. The highest BCUT2D eigenvalue weighted by Crippen LogP contribution is 2.29. The fourth-order valence-electron chi connectivity index (χ4n) is 3.60. The zero-order valence-corrected chi connectivity index (χ0v) is 17.9. The molecular formula is C25H21N5O3. The quantitative estimate of drug-likeness (QED) is 0.394. The fraction of sp³-hybridized carbons (Fsp3) is 0.120. The van der Waals surface area contributed by atoms with E-state index in [1.54, 1.807) is 31.6 Å². The van der Waals surface area contributed by atoms with E-state index in [4.69, 9.17) is 9.26 Å². The minimum atomic E-state index is -0.295. The molecule has 164 valence electrons. The third kappa shape index (κ3) is 4.31. The zero-order valence-electron chi connectivity index (χ0n) is 17.9. The molecule has 0 spiro atoms. The van der Waals surface area contributed by atoms with Crippen molar-refractivity contribution in [3.05, 3.63) is 90.6 Å². The number of amides is 1. The number of aryl methyl sites for hydroxylation is 1. The third-order valence-corrected chi connectivity index (χ3v) is 5.23. The summed E-state index contributed by atoms with van der Waals surface area (Å²) in [5.41, 5.74) is 3.45. The van der Waals surface area contributed by atoms with E-state index < -0.39 is 0 Å². The number of imidazole rings is 1. The van der Waals surface area contributed by atoms with Crippen LogP contribution < -0.4 is 10.1 Å². The molecule has 2 aromatic carbocycles. The van der Waals surface area contributed by atoms with E-state index in [9.17, 15) is 4.79 Å². The molecule has 5 rings (SSSR count). The predicted octanol–water partition coefficient (Wildman–Crippen LogP) is 4.73. The Labute approximate surface area is 189 Å². The van der Waals surface area contributed by atoms with Gasteiger partial charge in [0.25, 0.3) is 11.6 Å². The van der Waals surface area contributed by atoms with Crippen molar-refractivity contribution in [2.45, 2.75) is 13.5 Å². The zero-order chi connectivity index (χ0) is 22.6. The normalized spacial score (nSPS) is 10.9. The highest BCUT2D eigenvalue weighted by atomic mass is 16.5. The molecular weight excluding hydrogens is 418 g/mol. The van der Waals surface area contributed by atoms with Crippen LogP contribution in [-0.4, -0.2) is 32.2 Å². The maximum absolute atomic E-state index is 13.4. The first-order chi connectivity index (χ1) is 16.2. The van der Waals surface area contributed by atoms with Crippen LogP contribution in [0.25, 0.3) is 22.4 Å². The highest BCUT2D eigenvalue weighted by Gasteiger charge is 2.20. The molecule has 0 atom stereocenters. The Morgan fingerprint density at radius 2 is 1.94 bits per heavy atom. The largest absolute Gasteiger partial charge is 0.490 e. The summed E-state index contributed by atoms with van der Waals surface area (Å²) in [4.78, 5) is 22.0. The summed E-state index contributed by atoms with van der Waals surface area (Å²) in [6.45, 7) is 2.87. The summed E-state index contributed by atoms with van der Waals surface area (Å²) >= 11 is 0. The summed E-state index contributed by atoms with van der Waals surface area (Å²) in [6, 6.07) is 18.7.